The Balaban J connectivity index is 2.28. The Hall–Kier alpha value is -3.49. The maximum absolute atomic E-state index is 13.6. The number of anilines is 2. The summed E-state index contributed by atoms with van der Waals surface area (Å²) in [6.45, 7) is 3.10. The number of carbonyl (C=O) groups is 1. The van der Waals surface area contributed by atoms with Crippen LogP contribution >= 0.6 is 0 Å². The van der Waals surface area contributed by atoms with Crippen molar-refractivity contribution in [2.75, 3.05) is 5.32 Å². The van der Waals surface area contributed by atoms with E-state index in [1.54, 1.807) is 19.1 Å². The van der Waals surface area contributed by atoms with Gasteiger partial charge in [0, 0.05) is 42.3 Å². The van der Waals surface area contributed by atoms with Gasteiger partial charge < -0.3 is 5.32 Å². The molecule has 9 heteroatoms. The van der Waals surface area contributed by atoms with Crippen LogP contribution in [0.2, 0.25) is 0 Å². The number of hydrogen-bond donors (Lipinski definition) is 1. The van der Waals surface area contributed by atoms with Crippen LogP contribution in [0.15, 0.2) is 41.5 Å². The summed E-state index contributed by atoms with van der Waals surface area (Å²) >= 11 is 0. The molecular formula is C19H15F3N4O2. The largest absolute Gasteiger partial charge is 0.350 e. The van der Waals surface area contributed by atoms with Crippen LogP contribution in [0.1, 0.15) is 24.2 Å². The molecule has 0 aliphatic rings. The maximum atomic E-state index is 13.6. The Morgan fingerprint density at radius 2 is 1.89 bits per heavy atom. The highest BCUT2D eigenvalue weighted by Crippen LogP contribution is 2.28. The van der Waals surface area contributed by atoms with Gasteiger partial charge in [-0.05, 0) is 26.0 Å². The van der Waals surface area contributed by atoms with E-state index < -0.39 is 28.8 Å². The maximum Gasteiger partial charge on any atom is 0.291 e. The third kappa shape index (κ3) is 3.51. The Kier molecular flexibility index (Phi) is 5.25. The van der Waals surface area contributed by atoms with E-state index in [1.807, 2.05) is 0 Å². The standard InChI is InChI=1S/C19H15F3N4O2/c1-3-26-19(28)18(24-12-7-13(20)16(22)14(21)8-12)15(10(2)27)17(25-26)11-5-4-6-23-9-11/h4-9,24H,3H2,1-2H3. The molecule has 0 saturated heterocycles. The normalized spacial score (nSPS) is 10.8. The van der Waals surface area contributed by atoms with Gasteiger partial charge >= 0.3 is 0 Å². The van der Waals surface area contributed by atoms with Gasteiger partial charge in [-0.1, -0.05) is 0 Å². The summed E-state index contributed by atoms with van der Waals surface area (Å²) in [6.07, 6.45) is 3.01. The molecule has 28 heavy (non-hydrogen) atoms. The van der Waals surface area contributed by atoms with Crippen LogP contribution in [0, 0.1) is 17.5 Å². The number of Topliss-reactive ketones (excluding diaryl/α,β-unsaturated/α-hetero) is 1. The summed E-state index contributed by atoms with van der Waals surface area (Å²) in [6, 6.07) is 4.69. The number of nitrogens with zero attached hydrogens (tertiary/aromatic N) is 3. The Labute approximate surface area is 157 Å². The molecule has 0 unspecified atom stereocenters. The fraction of sp³-hybridized carbons (Fsp3) is 0.158. The first kappa shape index (κ1) is 19.3. The zero-order valence-electron chi connectivity index (χ0n) is 15.0. The van der Waals surface area contributed by atoms with Gasteiger partial charge in [0.1, 0.15) is 11.4 Å². The summed E-state index contributed by atoms with van der Waals surface area (Å²) in [5, 5.41) is 6.78. The molecule has 1 N–H and O–H groups in total. The molecule has 0 aliphatic carbocycles. The second kappa shape index (κ2) is 7.63. The van der Waals surface area contributed by atoms with Crippen molar-refractivity contribution in [3.8, 4) is 11.3 Å². The second-order valence-electron chi connectivity index (χ2n) is 5.90. The minimum Gasteiger partial charge on any atom is -0.350 e. The molecule has 144 valence electrons. The van der Waals surface area contributed by atoms with Crippen molar-refractivity contribution in [1.82, 2.24) is 14.8 Å². The van der Waals surface area contributed by atoms with Crippen molar-refractivity contribution in [1.29, 1.82) is 0 Å². The van der Waals surface area contributed by atoms with Gasteiger partial charge in [-0.25, -0.2) is 17.9 Å². The first-order valence-corrected chi connectivity index (χ1v) is 8.31. The molecule has 0 aliphatic heterocycles. The quantitative estimate of drug-likeness (QED) is 0.533. The number of benzene rings is 1. The summed E-state index contributed by atoms with van der Waals surface area (Å²) in [4.78, 5) is 29.1. The molecule has 0 radical (unpaired) electrons. The molecule has 0 fully saturated rings. The number of carbonyl (C=O) groups excluding carboxylic acids is 1. The van der Waals surface area contributed by atoms with E-state index in [4.69, 9.17) is 0 Å². The molecule has 3 aromatic rings. The van der Waals surface area contributed by atoms with E-state index in [0.29, 0.717) is 17.7 Å². The fourth-order valence-corrected chi connectivity index (χ4v) is 2.72. The van der Waals surface area contributed by atoms with E-state index in [9.17, 15) is 22.8 Å². The van der Waals surface area contributed by atoms with Crippen molar-refractivity contribution in [2.45, 2.75) is 20.4 Å². The molecule has 0 atom stereocenters. The molecule has 3 rings (SSSR count). The molecule has 6 nitrogen and oxygen atoms in total. The Bertz CT molecular complexity index is 1090. The summed E-state index contributed by atoms with van der Waals surface area (Å²) in [7, 11) is 0. The SMILES string of the molecule is CCn1nc(-c2cccnc2)c(C(C)=O)c(Nc2cc(F)c(F)c(F)c2)c1=O. The number of aryl methyl sites for hydroxylation is 1. The molecular weight excluding hydrogens is 373 g/mol. The summed E-state index contributed by atoms with van der Waals surface area (Å²) in [5.41, 5.74) is -0.490. The zero-order chi connectivity index (χ0) is 20.4. The summed E-state index contributed by atoms with van der Waals surface area (Å²) < 4.78 is 41.5. The van der Waals surface area contributed by atoms with Gasteiger partial charge in [0.15, 0.2) is 23.2 Å². The van der Waals surface area contributed by atoms with E-state index >= 15 is 0 Å². The predicted molar refractivity (Wildman–Crippen MR) is 97.0 cm³/mol. The van der Waals surface area contributed by atoms with E-state index in [2.05, 4.69) is 15.4 Å². The fourth-order valence-electron chi connectivity index (χ4n) is 2.72. The molecule has 0 bridgehead atoms. The first-order valence-electron chi connectivity index (χ1n) is 8.31. The minimum absolute atomic E-state index is 0.0622. The number of rotatable bonds is 5. The third-order valence-corrected chi connectivity index (χ3v) is 4.00. The van der Waals surface area contributed by atoms with Gasteiger partial charge in [0.05, 0.1) is 5.56 Å². The van der Waals surface area contributed by atoms with E-state index in [0.717, 1.165) is 4.68 Å². The van der Waals surface area contributed by atoms with Crippen LogP contribution in [-0.4, -0.2) is 20.5 Å². The number of halogens is 3. The van der Waals surface area contributed by atoms with Crippen LogP contribution in [0.5, 0.6) is 0 Å². The number of pyridine rings is 1. The van der Waals surface area contributed by atoms with Crippen LogP contribution in [0.4, 0.5) is 24.5 Å². The van der Waals surface area contributed by atoms with E-state index in [1.165, 1.54) is 19.3 Å². The van der Waals surface area contributed by atoms with Gasteiger partial charge in [-0.3, -0.25) is 14.6 Å². The Morgan fingerprint density at radius 1 is 1.21 bits per heavy atom. The van der Waals surface area contributed by atoms with Crippen LogP contribution in [0.25, 0.3) is 11.3 Å². The van der Waals surface area contributed by atoms with Crippen molar-refractivity contribution in [2.24, 2.45) is 0 Å². The number of nitrogens with one attached hydrogen (secondary N) is 1. The van der Waals surface area contributed by atoms with Gasteiger partial charge in [-0.15, -0.1) is 0 Å². The number of aromatic nitrogens is 3. The highest BCUT2D eigenvalue weighted by Gasteiger charge is 2.23. The Morgan fingerprint density at radius 3 is 2.43 bits per heavy atom. The lowest BCUT2D eigenvalue weighted by Gasteiger charge is -2.16. The monoisotopic (exact) mass is 388 g/mol. The predicted octanol–water partition coefficient (Wildman–Crippen LogP) is 3.69. The average Bonchev–Trinajstić information content (AvgIpc) is 2.67. The zero-order valence-corrected chi connectivity index (χ0v) is 15.0. The van der Waals surface area contributed by atoms with Crippen molar-refractivity contribution >= 4 is 17.2 Å². The first-order chi connectivity index (χ1) is 13.3. The lowest BCUT2D eigenvalue weighted by atomic mass is 10.0. The molecule has 0 saturated carbocycles. The lowest BCUT2D eigenvalue weighted by molar-refractivity contribution is 0.101. The lowest BCUT2D eigenvalue weighted by Crippen LogP contribution is -2.28. The van der Waals surface area contributed by atoms with E-state index in [-0.39, 0.29) is 29.2 Å². The molecule has 0 amide bonds. The van der Waals surface area contributed by atoms with Crippen molar-refractivity contribution in [3.05, 3.63) is 70.0 Å². The van der Waals surface area contributed by atoms with Gasteiger partial charge in [0.25, 0.3) is 5.56 Å². The smallest absolute Gasteiger partial charge is 0.291 e. The van der Waals surface area contributed by atoms with Gasteiger partial charge in [0.2, 0.25) is 0 Å². The molecule has 2 aromatic heterocycles. The number of ketones is 1. The topological polar surface area (TPSA) is 76.9 Å². The highest BCUT2D eigenvalue weighted by molar-refractivity contribution is 6.05. The third-order valence-electron chi connectivity index (χ3n) is 4.00. The second-order valence-corrected chi connectivity index (χ2v) is 5.90. The molecule has 2 heterocycles. The summed E-state index contributed by atoms with van der Waals surface area (Å²) in [5.74, 6) is -4.97. The average molecular weight is 388 g/mol. The van der Waals surface area contributed by atoms with Crippen molar-refractivity contribution in [3.63, 3.8) is 0 Å². The minimum atomic E-state index is -1.63. The van der Waals surface area contributed by atoms with Crippen LogP contribution in [-0.2, 0) is 6.54 Å². The van der Waals surface area contributed by atoms with Crippen molar-refractivity contribution < 1.29 is 18.0 Å². The molecule has 0 spiro atoms. The van der Waals surface area contributed by atoms with Crippen LogP contribution in [0.3, 0.4) is 0 Å². The highest BCUT2D eigenvalue weighted by atomic mass is 19.2. The van der Waals surface area contributed by atoms with Crippen LogP contribution < -0.4 is 10.9 Å². The van der Waals surface area contributed by atoms with Gasteiger partial charge in [-0.2, -0.15) is 5.10 Å². The number of hydrogen-bond acceptors (Lipinski definition) is 5. The molecule has 1 aromatic carbocycles.